The quantitative estimate of drug-likeness (QED) is 0.667. The van der Waals surface area contributed by atoms with E-state index in [2.05, 4.69) is 16.3 Å². The zero-order valence-electron chi connectivity index (χ0n) is 12.0. The fourth-order valence-electron chi connectivity index (χ4n) is 1.88. The van der Waals surface area contributed by atoms with Crippen LogP contribution in [0.4, 0.5) is 4.39 Å². The number of aliphatic imine (C=N–C) groups is 1. The first kappa shape index (κ1) is 16.0. The highest BCUT2D eigenvalue weighted by Crippen LogP contribution is 2.15. The molecule has 0 bridgehead atoms. The van der Waals surface area contributed by atoms with E-state index in [0.717, 1.165) is 0 Å². The number of nitrogens with zero attached hydrogens (tertiary/aromatic N) is 2. The Kier molecular flexibility index (Phi) is 4.77. The molecule has 1 aliphatic rings. The van der Waals surface area contributed by atoms with Crippen LogP contribution in [-0.2, 0) is 15.8 Å². The predicted octanol–water partition coefficient (Wildman–Crippen LogP) is 2.13. The van der Waals surface area contributed by atoms with Crippen LogP contribution < -0.4 is 4.72 Å². The zero-order chi connectivity index (χ0) is 16.2. The molecule has 0 saturated heterocycles. The van der Waals surface area contributed by atoms with Gasteiger partial charge in [-0.2, -0.15) is 0 Å². The summed E-state index contributed by atoms with van der Waals surface area (Å²) < 4.78 is 40.2. The minimum absolute atomic E-state index is 0.117. The Hall–Kier alpha value is -2.41. The van der Waals surface area contributed by atoms with E-state index in [4.69, 9.17) is 0 Å². The minimum atomic E-state index is -3.72. The monoisotopic (exact) mass is 321 g/mol. The van der Waals surface area contributed by atoms with Gasteiger partial charge >= 0.3 is 0 Å². The smallest absolute Gasteiger partial charge is 0.237 e. The number of sulfonamides is 1. The summed E-state index contributed by atoms with van der Waals surface area (Å²) in [6.07, 6.45) is 6.30. The Morgan fingerprint density at radius 2 is 2.09 bits per heavy atom. The van der Waals surface area contributed by atoms with Gasteiger partial charge in [0, 0.05) is 24.5 Å². The standard InChI is InChI=1S/C15H16FN3O2S/c1-12-7-8-14(9-19(12)11-17-2)18-22(20,21)10-13-5-3-4-6-15(13)16/h3-9,11,18H,1,10H2,2H3. The molecule has 0 radical (unpaired) electrons. The molecule has 0 aliphatic carbocycles. The second-order valence-electron chi connectivity index (χ2n) is 4.64. The summed E-state index contributed by atoms with van der Waals surface area (Å²) in [5.74, 6) is -0.984. The van der Waals surface area contributed by atoms with E-state index < -0.39 is 21.6 Å². The third kappa shape index (κ3) is 4.05. The van der Waals surface area contributed by atoms with Crippen molar-refractivity contribution >= 4 is 16.4 Å². The van der Waals surface area contributed by atoms with Gasteiger partial charge in [0.05, 0.1) is 17.8 Å². The van der Waals surface area contributed by atoms with E-state index >= 15 is 0 Å². The fourth-order valence-corrected chi connectivity index (χ4v) is 3.07. The lowest BCUT2D eigenvalue weighted by Crippen LogP contribution is -2.28. The van der Waals surface area contributed by atoms with Gasteiger partial charge in [-0.25, -0.2) is 12.8 Å². The number of halogens is 1. The van der Waals surface area contributed by atoms with E-state index in [1.54, 1.807) is 36.4 Å². The van der Waals surface area contributed by atoms with Crippen LogP contribution in [0.3, 0.4) is 0 Å². The van der Waals surface area contributed by atoms with Crippen LogP contribution in [0.1, 0.15) is 5.56 Å². The fraction of sp³-hybridized carbons (Fsp3) is 0.133. The van der Waals surface area contributed by atoms with Crippen LogP contribution in [0.15, 0.2) is 65.6 Å². The Labute approximate surface area is 129 Å². The average molecular weight is 321 g/mol. The SMILES string of the molecule is C=C1C=CC(NS(=O)(=O)Cc2ccccc2F)=CN1C=NC. The molecule has 1 N–H and O–H groups in total. The molecule has 0 unspecified atom stereocenters. The van der Waals surface area contributed by atoms with Crippen LogP contribution in [-0.4, -0.2) is 26.7 Å². The lowest BCUT2D eigenvalue weighted by Gasteiger charge is -2.21. The van der Waals surface area contributed by atoms with Gasteiger partial charge in [-0.05, 0) is 18.2 Å². The number of benzene rings is 1. The second-order valence-corrected chi connectivity index (χ2v) is 6.36. The molecule has 0 atom stereocenters. The summed E-state index contributed by atoms with van der Waals surface area (Å²) in [6, 6.07) is 5.78. The van der Waals surface area contributed by atoms with Crippen molar-refractivity contribution in [3.63, 3.8) is 0 Å². The molecule has 1 aromatic carbocycles. The van der Waals surface area contributed by atoms with E-state index in [-0.39, 0.29) is 5.56 Å². The highest BCUT2D eigenvalue weighted by molar-refractivity contribution is 7.88. The third-order valence-corrected chi connectivity index (χ3v) is 4.12. The summed E-state index contributed by atoms with van der Waals surface area (Å²) in [7, 11) is -2.12. The number of nitrogens with one attached hydrogen (secondary N) is 1. The van der Waals surface area contributed by atoms with Crippen LogP contribution in [0.5, 0.6) is 0 Å². The molecule has 0 fully saturated rings. The van der Waals surface area contributed by atoms with Gasteiger partial charge in [-0.15, -0.1) is 0 Å². The normalized spacial score (nSPS) is 15.3. The maximum Gasteiger partial charge on any atom is 0.237 e. The van der Waals surface area contributed by atoms with Gasteiger partial charge in [0.15, 0.2) is 0 Å². The molecule has 0 spiro atoms. The molecule has 116 valence electrons. The molecular weight excluding hydrogens is 305 g/mol. The molecule has 1 aliphatic heterocycles. The zero-order valence-corrected chi connectivity index (χ0v) is 12.8. The van der Waals surface area contributed by atoms with Gasteiger partial charge in [-0.3, -0.25) is 9.71 Å². The number of hydrogen-bond donors (Lipinski definition) is 1. The number of hydrogen-bond acceptors (Lipinski definition) is 3. The van der Waals surface area contributed by atoms with Crippen molar-refractivity contribution in [2.24, 2.45) is 4.99 Å². The summed E-state index contributed by atoms with van der Waals surface area (Å²) in [6.45, 7) is 3.80. The topological polar surface area (TPSA) is 61.8 Å². The minimum Gasteiger partial charge on any atom is -0.307 e. The Bertz CT molecular complexity index is 767. The van der Waals surface area contributed by atoms with Crippen LogP contribution in [0.2, 0.25) is 0 Å². The maximum absolute atomic E-state index is 13.6. The van der Waals surface area contributed by atoms with Gasteiger partial charge in [0.25, 0.3) is 0 Å². The van der Waals surface area contributed by atoms with Crippen molar-refractivity contribution in [2.75, 3.05) is 7.05 Å². The molecule has 22 heavy (non-hydrogen) atoms. The van der Waals surface area contributed by atoms with Crippen molar-refractivity contribution in [3.05, 3.63) is 72.0 Å². The molecule has 5 nitrogen and oxygen atoms in total. The van der Waals surface area contributed by atoms with Crippen molar-refractivity contribution in [1.29, 1.82) is 0 Å². The Morgan fingerprint density at radius 1 is 1.36 bits per heavy atom. The molecule has 0 amide bonds. The number of rotatable bonds is 5. The lowest BCUT2D eigenvalue weighted by molar-refractivity contribution is 0.580. The largest absolute Gasteiger partial charge is 0.307 e. The van der Waals surface area contributed by atoms with Gasteiger partial charge in [-0.1, -0.05) is 24.8 Å². The van der Waals surface area contributed by atoms with Gasteiger partial charge in [0.1, 0.15) is 5.82 Å². The van der Waals surface area contributed by atoms with Crippen LogP contribution >= 0.6 is 0 Å². The predicted molar refractivity (Wildman–Crippen MR) is 84.8 cm³/mol. The Balaban J connectivity index is 2.15. The average Bonchev–Trinajstić information content (AvgIpc) is 2.45. The highest BCUT2D eigenvalue weighted by atomic mass is 32.2. The first-order valence-corrected chi connectivity index (χ1v) is 8.10. The van der Waals surface area contributed by atoms with Crippen LogP contribution in [0.25, 0.3) is 0 Å². The van der Waals surface area contributed by atoms with Crippen molar-refractivity contribution in [2.45, 2.75) is 5.75 Å². The highest BCUT2D eigenvalue weighted by Gasteiger charge is 2.17. The molecule has 2 rings (SSSR count). The molecule has 0 saturated carbocycles. The van der Waals surface area contributed by atoms with Crippen molar-refractivity contribution < 1.29 is 12.8 Å². The summed E-state index contributed by atoms with van der Waals surface area (Å²) in [5.41, 5.74) is 1.12. The maximum atomic E-state index is 13.6. The molecule has 1 heterocycles. The first-order chi connectivity index (χ1) is 10.4. The second kappa shape index (κ2) is 6.57. The van der Waals surface area contributed by atoms with E-state index in [0.29, 0.717) is 11.4 Å². The summed E-state index contributed by atoms with van der Waals surface area (Å²) in [4.78, 5) is 5.44. The Morgan fingerprint density at radius 3 is 2.77 bits per heavy atom. The van der Waals surface area contributed by atoms with E-state index in [1.807, 2.05) is 0 Å². The summed E-state index contributed by atoms with van der Waals surface area (Å²) in [5, 5.41) is 0. The number of allylic oxidation sites excluding steroid dienone is 2. The van der Waals surface area contributed by atoms with Crippen molar-refractivity contribution in [3.8, 4) is 0 Å². The first-order valence-electron chi connectivity index (χ1n) is 6.44. The van der Waals surface area contributed by atoms with E-state index in [1.165, 1.54) is 24.5 Å². The summed E-state index contributed by atoms with van der Waals surface area (Å²) >= 11 is 0. The molecular formula is C15H16FN3O2S. The molecule has 7 heteroatoms. The van der Waals surface area contributed by atoms with Crippen molar-refractivity contribution in [1.82, 2.24) is 9.62 Å². The van der Waals surface area contributed by atoms with Crippen LogP contribution in [0, 0.1) is 5.82 Å². The van der Waals surface area contributed by atoms with Gasteiger partial charge < -0.3 is 4.90 Å². The van der Waals surface area contributed by atoms with Gasteiger partial charge in [0.2, 0.25) is 10.0 Å². The molecule has 1 aromatic rings. The lowest BCUT2D eigenvalue weighted by atomic mass is 10.2. The van der Waals surface area contributed by atoms with E-state index in [9.17, 15) is 12.8 Å². The molecule has 0 aromatic heterocycles. The third-order valence-electron chi connectivity index (χ3n) is 2.88.